The highest BCUT2D eigenvalue weighted by atomic mass is 32.1. The van der Waals surface area contributed by atoms with Crippen LogP contribution in [0.3, 0.4) is 0 Å². The Morgan fingerprint density at radius 1 is 1.00 bits per heavy atom. The van der Waals surface area contributed by atoms with Crippen molar-refractivity contribution in [3.63, 3.8) is 0 Å². The van der Waals surface area contributed by atoms with Gasteiger partial charge in [-0.15, -0.1) is 11.3 Å². The van der Waals surface area contributed by atoms with Gasteiger partial charge in [-0.25, -0.2) is 4.98 Å². The smallest absolute Gasteiger partial charge is 0.259 e. The number of carbonyl (C=O) groups is 2. The van der Waals surface area contributed by atoms with E-state index in [0.29, 0.717) is 17.2 Å². The third-order valence-corrected chi connectivity index (χ3v) is 6.75. The molecular formula is C28H30N4O2S. The molecule has 2 aromatic carbocycles. The second-order valence-corrected chi connectivity index (χ2v) is 9.49. The Balaban J connectivity index is 1.39. The SMILES string of the molecule is CC(=O)NCCCc1ccc(-c2csc(NC(=O)c3cc(C)n(Cc4ccccc4)c3C)n2)cc1. The molecule has 4 aromatic rings. The first-order valence-corrected chi connectivity index (χ1v) is 12.6. The number of nitrogens with one attached hydrogen (secondary N) is 2. The van der Waals surface area contributed by atoms with Crippen LogP contribution in [0.15, 0.2) is 66.0 Å². The molecule has 0 atom stereocenters. The molecule has 0 saturated carbocycles. The van der Waals surface area contributed by atoms with Gasteiger partial charge in [-0.2, -0.15) is 0 Å². The van der Waals surface area contributed by atoms with Gasteiger partial charge in [0.25, 0.3) is 5.91 Å². The standard InChI is InChI=1S/C28H30N4O2S/c1-19-16-25(20(2)32(19)17-23-8-5-4-6-9-23)27(34)31-28-30-26(18-35-28)24-13-11-22(12-14-24)10-7-15-29-21(3)33/h4-6,8-9,11-14,16,18H,7,10,15,17H2,1-3H3,(H,29,33)(H,30,31,34). The predicted octanol–water partition coefficient (Wildman–Crippen LogP) is 5.60. The molecule has 4 rings (SSSR count). The molecule has 0 fully saturated rings. The van der Waals surface area contributed by atoms with E-state index >= 15 is 0 Å². The van der Waals surface area contributed by atoms with Gasteiger partial charge in [0.05, 0.1) is 11.3 Å². The largest absolute Gasteiger partial charge is 0.356 e. The highest BCUT2D eigenvalue weighted by Gasteiger charge is 2.17. The van der Waals surface area contributed by atoms with Crippen molar-refractivity contribution in [2.24, 2.45) is 0 Å². The molecule has 2 heterocycles. The van der Waals surface area contributed by atoms with Crippen LogP contribution < -0.4 is 10.6 Å². The molecule has 0 spiro atoms. The van der Waals surface area contributed by atoms with Crippen molar-refractivity contribution in [1.82, 2.24) is 14.9 Å². The van der Waals surface area contributed by atoms with Crippen molar-refractivity contribution in [3.05, 3.63) is 94.1 Å². The van der Waals surface area contributed by atoms with Gasteiger partial charge in [-0.3, -0.25) is 14.9 Å². The number of hydrogen-bond donors (Lipinski definition) is 2. The van der Waals surface area contributed by atoms with E-state index in [2.05, 4.69) is 44.5 Å². The summed E-state index contributed by atoms with van der Waals surface area (Å²) in [5.41, 5.74) is 6.92. The Kier molecular flexibility index (Phi) is 7.77. The fourth-order valence-corrected chi connectivity index (χ4v) is 4.78. The van der Waals surface area contributed by atoms with Crippen molar-refractivity contribution in [3.8, 4) is 11.3 Å². The zero-order chi connectivity index (χ0) is 24.8. The van der Waals surface area contributed by atoms with Crippen LogP contribution in [0.25, 0.3) is 11.3 Å². The number of benzene rings is 2. The van der Waals surface area contributed by atoms with E-state index in [1.54, 1.807) is 0 Å². The Hall–Kier alpha value is -3.71. The Morgan fingerprint density at radius 2 is 1.74 bits per heavy atom. The second kappa shape index (κ2) is 11.1. The van der Waals surface area contributed by atoms with Crippen LogP contribution in [0.5, 0.6) is 0 Å². The van der Waals surface area contributed by atoms with Crippen LogP contribution in [0, 0.1) is 13.8 Å². The number of aryl methyl sites for hydroxylation is 2. The quantitative estimate of drug-likeness (QED) is 0.303. The van der Waals surface area contributed by atoms with E-state index in [-0.39, 0.29) is 11.8 Å². The number of anilines is 1. The van der Waals surface area contributed by atoms with Crippen LogP contribution >= 0.6 is 11.3 Å². The lowest BCUT2D eigenvalue weighted by molar-refractivity contribution is -0.118. The number of nitrogens with zero attached hydrogens (tertiary/aromatic N) is 2. The molecule has 2 amide bonds. The summed E-state index contributed by atoms with van der Waals surface area (Å²) >= 11 is 1.42. The summed E-state index contributed by atoms with van der Waals surface area (Å²) in [5.74, 6) is -0.144. The van der Waals surface area contributed by atoms with E-state index in [1.807, 2.05) is 55.6 Å². The lowest BCUT2D eigenvalue weighted by atomic mass is 10.1. The van der Waals surface area contributed by atoms with E-state index < -0.39 is 0 Å². The molecule has 0 aliphatic heterocycles. The fraction of sp³-hybridized carbons (Fsp3) is 0.250. The topological polar surface area (TPSA) is 76.0 Å². The second-order valence-electron chi connectivity index (χ2n) is 8.63. The molecule has 35 heavy (non-hydrogen) atoms. The maximum absolute atomic E-state index is 13.0. The summed E-state index contributed by atoms with van der Waals surface area (Å²) in [6, 6.07) is 20.4. The lowest BCUT2D eigenvalue weighted by Gasteiger charge is -2.10. The number of amides is 2. The Bertz CT molecular complexity index is 1310. The monoisotopic (exact) mass is 486 g/mol. The van der Waals surface area contributed by atoms with Gasteiger partial charge in [0.2, 0.25) is 5.91 Å². The molecule has 2 aromatic heterocycles. The summed E-state index contributed by atoms with van der Waals surface area (Å²) in [7, 11) is 0. The van der Waals surface area contributed by atoms with Crippen molar-refractivity contribution in [2.45, 2.75) is 40.2 Å². The van der Waals surface area contributed by atoms with Crippen molar-refractivity contribution in [1.29, 1.82) is 0 Å². The lowest BCUT2D eigenvalue weighted by Crippen LogP contribution is -2.21. The van der Waals surface area contributed by atoms with E-state index in [4.69, 9.17) is 0 Å². The third-order valence-electron chi connectivity index (χ3n) is 5.99. The number of thiazole rings is 1. The molecule has 7 heteroatoms. The van der Waals surface area contributed by atoms with Crippen molar-refractivity contribution < 1.29 is 9.59 Å². The van der Waals surface area contributed by atoms with Crippen LogP contribution in [0.4, 0.5) is 5.13 Å². The molecule has 0 bridgehead atoms. The summed E-state index contributed by atoms with van der Waals surface area (Å²) in [6.45, 7) is 6.95. The summed E-state index contributed by atoms with van der Waals surface area (Å²) in [4.78, 5) is 28.6. The van der Waals surface area contributed by atoms with Crippen molar-refractivity contribution >= 4 is 28.3 Å². The van der Waals surface area contributed by atoms with Gasteiger partial charge in [0.15, 0.2) is 5.13 Å². The number of hydrogen-bond acceptors (Lipinski definition) is 4. The maximum atomic E-state index is 13.0. The number of carbonyl (C=O) groups excluding carboxylic acids is 2. The highest BCUT2D eigenvalue weighted by molar-refractivity contribution is 7.14. The normalized spacial score (nSPS) is 10.8. The van der Waals surface area contributed by atoms with Gasteiger partial charge in [0, 0.05) is 42.3 Å². The Labute approximate surface area is 210 Å². The molecule has 0 unspecified atom stereocenters. The molecule has 0 saturated heterocycles. The fourth-order valence-electron chi connectivity index (χ4n) is 4.07. The maximum Gasteiger partial charge on any atom is 0.259 e. The first-order chi connectivity index (χ1) is 16.9. The zero-order valence-electron chi connectivity index (χ0n) is 20.3. The average Bonchev–Trinajstić information content (AvgIpc) is 3.43. The first kappa shape index (κ1) is 24.4. The number of aromatic nitrogens is 2. The van der Waals surface area contributed by atoms with Crippen LogP contribution in [0.1, 0.15) is 46.2 Å². The predicted molar refractivity (Wildman–Crippen MR) is 142 cm³/mol. The molecule has 0 aliphatic carbocycles. The van der Waals surface area contributed by atoms with Crippen molar-refractivity contribution in [2.75, 3.05) is 11.9 Å². The van der Waals surface area contributed by atoms with Gasteiger partial charge in [-0.1, -0.05) is 54.6 Å². The van der Waals surface area contributed by atoms with Crippen LogP contribution in [-0.4, -0.2) is 27.9 Å². The minimum atomic E-state index is -0.146. The minimum Gasteiger partial charge on any atom is -0.356 e. The van der Waals surface area contributed by atoms with Crippen LogP contribution in [0.2, 0.25) is 0 Å². The van der Waals surface area contributed by atoms with Gasteiger partial charge < -0.3 is 9.88 Å². The van der Waals surface area contributed by atoms with E-state index in [9.17, 15) is 9.59 Å². The summed E-state index contributed by atoms with van der Waals surface area (Å²) in [5, 5.41) is 8.33. The van der Waals surface area contributed by atoms with Gasteiger partial charge in [-0.05, 0) is 43.9 Å². The van der Waals surface area contributed by atoms with Gasteiger partial charge >= 0.3 is 0 Å². The van der Waals surface area contributed by atoms with Crippen LogP contribution in [-0.2, 0) is 17.8 Å². The third kappa shape index (κ3) is 6.25. The molecule has 0 radical (unpaired) electrons. The minimum absolute atomic E-state index is 0.00169. The number of rotatable bonds is 9. The summed E-state index contributed by atoms with van der Waals surface area (Å²) < 4.78 is 2.16. The zero-order valence-corrected chi connectivity index (χ0v) is 21.1. The molecule has 180 valence electrons. The van der Waals surface area contributed by atoms with Gasteiger partial charge in [0.1, 0.15) is 0 Å². The molecule has 6 nitrogen and oxygen atoms in total. The first-order valence-electron chi connectivity index (χ1n) is 11.7. The molecule has 2 N–H and O–H groups in total. The van der Waals surface area contributed by atoms with E-state index in [0.717, 1.165) is 42.0 Å². The molecule has 0 aliphatic rings. The highest BCUT2D eigenvalue weighted by Crippen LogP contribution is 2.26. The molecular weight excluding hydrogens is 456 g/mol. The average molecular weight is 487 g/mol. The van der Waals surface area contributed by atoms with E-state index in [1.165, 1.54) is 29.4 Å². The summed E-state index contributed by atoms with van der Waals surface area (Å²) in [6.07, 6.45) is 1.80. The Morgan fingerprint density at radius 3 is 2.46 bits per heavy atom.